The van der Waals surface area contributed by atoms with Gasteiger partial charge in [0.05, 0.1) is 34.8 Å². The van der Waals surface area contributed by atoms with Gasteiger partial charge in [0.15, 0.2) is 0 Å². The molecule has 15 nitrogen and oxygen atoms in total. The monoisotopic (exact) mass is 897 g/mol. The molecule has 4 aromatic rings. The van der Waals surface area contributed by atoms with Crippen LogP contribution in [0.1, 0.15) is 83.7 Å². The van der Waals surface area contributed by atoms with E-state index in [2.05, 4.69) is 72.2 Å². The highest BCUT2D eigenvalue weighted by Gasteiger charge is 2.42. The van der Waals surface area contributed by atoms with E-state index in [0.717, 1.165) is 44.7 Å². The van der Waals surface area contributed by atoms with Gasteiger partial charge in [0.2, 0.25) is 5.91 Å². The minimum atomic E-state index is -1.04. The van der Waals surface area contributed by atoms with Crippen LogP contribution < -0.4 is 10.7 Å². The van der Waals surface area contributed by atoms with E-state index >= 15 is 0 Å². The molecule has 7 rings (SSSR count). The number of pyridine rings is 1. The zero-order chi connectivity index (χ0) is 46.2. The summed E-state index contributed by atoms with van der Waals surface area (Å²) in [5.74, 6) is -1.16. The number of aryl methyl sites for hydroxylation is 1. The van der Waals surface area contributed by atoms with Crippen LogP contribution in [0.15, 0.2) is 41.9 Å². The highest BCUT2D eigenvalue weighted by Crippen LogP contribution is 2.42. The third-order valence-corrected chi connectivity index (χ3v) is 14.3. The molecule has 3 aliphatic heterocycles. The van der Waals surface area contributed by atoms with Crippen molar-refractivity contribution in [3.63, 3.8) is 0 Å². The average molecular weight is 898 g/mol. The fraction of sp³-hybridized carbons (Fsp3) is 0.583. The maximum absolute atomic E-state index is 14.6. The van der Waals surface area contributed by atoms with Gasteiger partial charge in [-0.05, 0) is 89.9 Å². The molecule has 346 valence electrons. The lowest BCUT2D eigenvalue weighted by atomic mass is 9.84. The van der Waals surface area contributed by atoms with Crippen molar-refractivity contribution in [2.75, 3.05) is 54.5 Å². The highest BCUT2D eigenvalue weighted by molar-refractivity contribution is 7.10. The van der Waals surface area contributed by atoms with Gasteiger partial charge in [0.1, 0.15) is 18.1 Å². The summed E-state index contributed by atoms with van der Waals surface area (Å²) in [6.07, 6.45) is 3.30. The summed E-state index contributed by atoms with van der Waals surface area (Å²) in [5, 5.41) is 8.23. The number of ether oxygens (including phenoxy) is 2. The van der Waals surface area contributed by atoms with E-state index in [1.54, 1.807) is 25.3 Å². The average Bonchev–Trinajstić information content (AvgIpc) is 3.85. The first kappa shape index (κ1) is 47.1. The van der Waals surface area contributed by atoms with Crippen molar-refractivity contribution in [2.45, 2.75) is 111 Å². The molecule has 0 aliphatic carbocycles. The number of fused-ring (bicyclic) bond motifs is 6. The zero-order valence-corrected chi connectivity index (χ0v) is 40.3. The standard InChI is InChI=1S/C48H67N9O6S/c1-12-56-39-18-17-31-21-34(39)35(43(56)33-15-13-19-49-41(33)30(5)62-11)23-48(6,7)27-63-46(60)36-16-14-20-57(52-36)45(59)37(22-40-50-38(31)26-64-40)51-44(58)42(28(2)3)54(10)47(61)55-24-32(25-55)29(4)53(8)9/h13,15,17-19,21,26,28-30,32,36-37,42,52H,12,14,16,20,22-25,27H2,1-11H3,(H,51,58)/t29-,30-,36-,37-,42-/m0/s1. The zero-order valence-electron chi connectivity index (χ0n) is 39.4. The molecule has 1 aromatic carbocycles. The summed E-state index contributed by atoms with van der Waals surface area (Å²) in [4.78, 5) is 72.0. The third-order valence-electron chi connectivity index (χ3n) is 13.5. The van der Waals surface area contributed by atoms with Gasteiger partial charge in [-0.1, -0.05) is 33.8 Å². The Labute approximate surface area is 381 Å². The molecule has 0 saturated carbocycles. The summed E-state index contributed by atoms with van der Waals surface area (Å²) in [6.45, 7) is 16.7. The Hall–Kier alpha value is -4.90. The largest absolute Gasteiger partial charge is 0.464 e. The van der Waals surface area contributed by atoms with E-state index < -0.39 is 35.4 Å². The number of hydrogen-bond donors (Lipinski definition) is 2. The van der Waals surface area contributed by atoms with E-state index in [9.17, 15) is 19.2 Å². The number of carbonyl (C=O) groups is 4. The van der Waals surface area contributed by atoms with Gasteiger partial charge in [-0.15, -0.1) is 11.3 Å². The molecule has 3 aliphatic rings. The number of carbonyl (C=O) groups excluding carboxylic acids is 4. The van der Waals surface area contributed by atoms with Gasteiger partial charge < -0.3 is 34.1 Å². The van der Waals surface area contributed by atoms with E-state index in [0.29, 0.717) is 62.4 Å². The highest BCUT2D eigenvalue weighted by atomic mass is 32.1. The van der Waals surface area contributed by atoms with Gasteiger partial charge >= 0.3 is 12.0 Å². The number of thiazole rings is 1. The summed E-state index contributed by atoms with van der Waals surface area (Å²) in [5.41, 5.74) is 9.40. The van der Waals surface area contributed by atoms with Gasteiger partial charge in [0.25, 0.3) is 5.91 Å². The second kappa shape index (κ2) is 19.3. The topological polar surface area (TPSA) is 154 Å². The number of benzene rings is 1. The predicted octanol–water partition coefficient (Wildman–Crippen LogP) is 6.16. The van der Waals surface area contributed by atoms with Crippen LogP contribution in [0.2, 0.25) is 0 Å². The molecular formula is C48H67N9O6S. The van der Waals surface area contributed by atoms with Gasteiger partial charge in [-0.3, -0.25) is 24.4 Å². The number of likely N-dealkylation sites (tertiary alicyclic amines) is 1. The van der Waals surface area contributed by atoms with E-state index in [4.69, 9.17) is 19.4 Å². The van der Waals surface area contributed by atoms with Crippen molar-refractivity contribution in [3.05, 3.63) is 58.2 Å². The van der Waals surface area contributed by atoms with Crippen molar-refractivity contribution < 1.29 is 28.7 Å². The van der Waals surface area contributed by atoms with E-state index in [1.807, 2.05) is 46.3 Å². The molecule has 2 fully saturated rings. The fourth-order valence-corrected chi connectivity index (χ4v) is 10.3. The molecule has 3 aromatic heterocycles. The van der Waals surface area contributed by atoms with Gasteiger partial charge in [-0.25, -0.2) is 15.2 Å². The third kappa shape index (κ3) is 9.56. The lowest BCUT2D eigenvalue weighted by Gasteiger charge is -2.46. The predicted molar refractivity (Wildman–Crippen MR) is 249 cm³/mol. The Balaban J connectivity index is 1.26. The minimum Gasteiger partial charge on any atom is -0.464 e. The minimum absolute atomic E-state index is 0.112. The normalized spacial score (nSPS) is 21.0. The Morgan fingerprint density at radius 2 is 1.86 bits per heavy atom. The smallest absolute Gasteiger partial charge is 0.324 e. The van der Waals surface area contributed by atoms with Crippen molar-refractivity contribution in [1.82, 2.24) is 45.0 Å². The number of cyclic esters (lactones) is 1. The molecule has 16 heteroatoms. The molecule has 5 atom stereocenters. The number of esters is 1. The molecule has 6 heterocycles. The number of hydrogen-bond acceptors (Lipinski definition) is 11. The molecule has 0 spiro atoms. The van der Waals surface area contributed by atoms with Gasteiger partial charge in [0, 0.05) is 97.7 Å². The Morgan fingerprint density at radius 1 is 1.11 bits per heavy atom. The maximum atomic E-state index is 14.6. The number of amides is 4. The Bertz CT molecular complexity index is 2350. The van der Waals surface area contributed by atoms with Crippen LogP contribution in [-0.4, -0.2) is 137 Å². The Morgan fingerprint density at radius 3 is 2.55 bits per heavy atom. The molecule has 6 bridgehead atoms. The van der Waals surface area contributed by atoms with Crippen LogP contribution in [-0.2, 0) is 43.2 Å². The molecular weight excluding hydrogens is 831 g/mol. The summed E-state index contributed by atoms with van der Waals surface area (Å²) in [7, 11) is 7.42. The van der Waals surface area contributed by atoms with Crippen LogP contribution >= 0.6 is 11.3 Å². The molecule has 64 heavy (non-hydrogen) atoms. The number of likely N-dealkylation sites (N-methyl/N-ethyl adjacent to an activating group) is 1. The summed E-state index contributed by atoms with van der Waals surface area (Å²) in [6, 6.07) is 7.93. The van der Waals surface area contributed by atoms with Crippen LogP contribution in [0.4, 0.5) is 4.79 Å². The number of nitrogens with zero attached hydrogens (tertiary/aromatic N) is 7. The van der Waals surface area contributed by atoms with Crippen molar-refractivity contribution in [3.8, 4) is 22.5 Å². The molecule has 0 radical (unpaired) electrons. The summed E-state index contributed by atoms with van der Waals surface area (Å²) < 4.78 is 14.3. The first-order chi connectivity index (χ1) is 30.4. The molecule has 2 N–H and O–H groups in total. The SMILES string of the molecule is CCn1c(-c2cccnc2[C@H](C)OC)c2c3cc(ccc31)-c1csc(n1)C[C@H](NC(=O)[C@H](C(C)C)N(C)C(=O)N1CC([C@H](C)N(C)C)C1)C(=O)N1CCC[C@H](N1)C(=O)OCC(C)(C)C2. The number of hydrazine groups is 1. The van der Waals surface area contributed by atoms with Crippen LogP contribution in [0, 0.1) is 17.3 Å². The van der Waals surface area contributed by atoms with E-state index in [1.165, 1.54) is 21.2 Å². The van der Waals surface area contributed by atoms with Crippen molar-refractivity contribution in [1.29, 1.82) is 0 Å². The van der Waals surface area contributed by atoms with Crippen LogP contribution in [0.25, 0.3) is 33.4 Å². The maximum Gasteiger partial charge on any atom is 0.324 e. The Kier molecular flexibility index (Phi) is 14.2. The quantitative estimate of drug-likeness (QED) is 0.177. The molecule has 0 unspecified atom stereocenters. The van der Waals surface area contributed by atoms with Gasteiger partial charge in [-0.2, -0.15) is 0 Å². The van der Waals surface area contributed by atoms with Crippen molar-refractivity contribution in [2.24, 2.45) is 17.3 Å². The first-order valence-electron chi connectivity index (χ1n) is 22.7. The number of rotatable bonds is 10. The number of urea groups is 1. The van der Waals surface area contributed by atoms with Crippen molar-refractivity contribution >= 4 is 46.1 Å². The number of methoxy groups -OCH3 is 1. The first-order valence-corrected chi connectivity index (χ1v) is 23.6. The van der Waals surface area contributed by atoms with E-state index in [-0.39, 0.29) is 37.0 Å². The van der Waals surface area contributed by atoms with Crippen LogP contribution in [0.3, 0.4) is 0 Å². The fourth-order valence-electron chi connectivity index (χ4n) is 9.48. The lowest BCUT2D eigenvalue weighted by molar-refractivity contribution is -0.155. The number of nitrogens with one attached hydrogen (secondary N) is 2. The lowest BCUT2D eigenvalue weighted by Crippen LogP contribution is -2.64. The molecule has 2 saturated heterocycles. The molecule has 4 amide bonds. The second-order valence-electron chi connectivity index (χ2n) is 19.2. The van der Waals surface area contributed by atoms with Crippen LogP contribution in [0.5, 0.6) is 0 Å². The second-order valence-corrected chi connectivity index (χ2v) is 20.2. The number of aromatic nitrogens is 3. The summed E-state index contributed by atoms with van der Waals surface area (Å²) >= 11 is 1.43.